The highest BCUT2D eigenvalue weighted by Crippen LogP contribution is 2.39. The van der Waals surface area contributed by atoms with E-state index in [1.54, 1.807) is 48.4 Å². The summed E-state index contributed by atoms with van der Waals surface area (Å²) < 4.78 is 31.5. The molecular formula is C22H23BrN2O5S. The van der Waals surface area contributed by atoms with E-state index in [1.807, 2.05) is 0 Å². The minimum Gasteiger partial charge on any atom is -0.497 e. The molecule has 4 rings (SSSR count). The molecule has 2 aromatic carbocycles. The highest BCUT2D eigenvalue weighted by Gasteiger charge is 2.37. The van der Waals surface area contributed by atoms with Gasteiger partial charge in [0, 0.05) is 34.7 Å². The standard InChI is InChI=1S/C22H23BrN2O5S/c1-30-17-6-4-16(5-7-17)24-21(26)9-11-31(28,29)20-13-19-15(12-18(20)23)8-10-25(19)22(27)14-2-3-14/h4-7,12-14H,2-3,8-11H2,1H3,(H,24,26). The highest BCUT2D eigenvalue weighted by atomic mass is 79.9. The summed E-state index contributed by atoms with van der Waals surface area (Å²) in [5, 5.41) is 2.69. The van der Waals surface area contributed by atoms with E-state index in [4.69, 9.17) is 4.74 Å². The Kier molecular flexibility index (Phi) is 6.07. The Morgan fingerprint density at radius 3 is 2.55 bits per heavy atom. The number of carbonyl (C=O) groups is 2. The van der Waals surface area contributed by atoms with Crippen LogP contribution in [0, 0.1) is 5.92 Å². The molecule has 1 aliphatic carbocycles. The average molecular weight is 507 g/mol. The second-order valence-corrected chi connectivity index (χ2v) is 10.7. The van der Waals surface area contributed by atoms with Gasteiger partial charge in [-0.25, -0.2) is 8.42 Å². The maximum absolute atomic E-state index is 13.0. The first-order chi connectivity index (χ1) is 14.8. The van der Waals surface area contributed by atoms with Gasteiger partial charge in [-0.15, -0.1) is 0 Å². The maximum Gasteiger partial charge on any atom is 0.230 e. The van der Waals surface area contributed by atoms with Crippen molar-refractivity contribution in [2.24, 2.45) is 5.92 Å². The Morgan fingerprint density at radius 1 is 1.19 bits per heavy atom. The van der Waals surface area contributed by atoms with Gasteiger partial charge in [-0.3, -0.25) is 9.59 Å². The van der Waals surface area contributed by atoms with E-state index < -0.39 is 15.7 Å². The summed E-state index contributed by atoms with van der Waals surface area (Å²) in [5.74, 6) is 0.0792. The normalized spacial score (nSPS) is 15.5. The van der Waals surface area contributed by atoms with Gasteiger partial charge < -0.3 is 15.0 Å². The Bertz CT molecular complexity index is 1130. The van der Waals surface area contributed by atoms with Crippen molar-refractivity contribution in [3.63, 3.8) is 0 Å². The molecule has 1 fully saturated rings. The number of benzene rings is 2. The molecule has 1 N–H and O–H groups in total. The van der Waals surface area contributed by atoms with Crippen LogP contribution in [0.15, 0.2) is 45.8 Å². The molecule has 2 aromatic rings. The largest absolute Gasteiger partial charge is 0.497 e. The summed E-state index contributed by atoms with van der Waals surface area (Å²) >= 11 is 3.36. The second-order valence-electron chi connectivity index (χ2n) is 7.77. The molecule has 2 aliphatic rings. The number of carbonyl (C=O) groups excluding carboxylic acids is 2. The first kappa shape index (κ1) is 21.8. The molecule has 2 amide bonds. The van der Waals surface area contributed by atoms with Gasteiger partial charge in [0.05, 0.1) is 17.8 Å². The van der Waals surface area contributed by atoms with Crippen molar-refractivity contribution in [1.29, 1.82) is 0 Å². The lowest BCUT2D eigenvalue weighted by Gasteiger charge is -2.18. The Hall–Kier alpha value is -2.39. The number of ether oxygens (including phenoxy) is 1. The molecule has 7 nitrogen and oxygen atoms in total. The summed E-state index contributed by atoms with van der Waals surface area (Å²) in [6.07, 6.45) is 2.32. The first-order valence-corrected chi connectivity index (χ1v) is 12.5. The van der Waals surface area contributed by atoms with Crippen LogP contribution in [-0.2, 0) is 25.8 Å². The van der Waals surface area contributed by atoms with E-state index in [9.17, 15) is 18.0 Å². The van der Waals surface area contributed by atoms with E-state index in [1.165, 1.54) is 0 Å². The minimum atomic E-state index is -3.73. The average Bonchev–Trinajstić information content (AvgIpc) is 3.52. The van der Waals surface area contributed by atoms with Gasteiger partial charge in [-0.2, -0.15) is 0 Å². The predicted octanol–water partition coefficient (Wildman–Crippen LogP) is 3.56. The third-order valence-electron chi connectivity index (χ3n) is 5.53. The van der Waals surface area contributed by atoms with Crippen molar-refractivity contribution in [1.82, 2.24) is 0 Å². The first-order valence-electron chi connectivity index (χ1n) is 10.1. The van der Waals surface area contributed by atoms with Gasteiger partial charge >= 0.3 is 0 Å². The van der Waals surface area contributed by atoms with Crippen LogP contribution in [0.1, 0.15) is 24.8 Å². The number of rotatable bonds is 7. The lowest BCUT2D eigenvalue weighted by Crippen LogP contribution is -2.30. The van der Waals surface area contributed by atoms with Crippen LogP contribution in [0.25, 0.3) is 0 Å². The second kappa shape index (κ2) is 8.63. The molecule has 0 unspecified atom stereocenters. The fourth-order valence-corrected chi connectivity index (χ4v) is 6.09. The predicted molar refractivity (Wildman–Crippen MR) is 121 cm³/mol. The molecule has 0 spiro atoms. The number of methoxy groups -OCH3 is 1. The molecule has 0 bridgehead atoms. The van der Waals surface area contributed by atoms with E-state index in [2.05, 4.69) is 21.2 Å². The van der Waals surface area contributed by atoms with Gasteiger partial charge in [0.15, 0.2) is 9.84 Å². The molecule has 9 heteroatoms. The summed E-state index contributed by atoms with van der Waals surface area (Å²) in [7, 11) is -2.18. The number of hydrogen-bond donors (Lipinski definition) is 1. The Morgan fingerprint density at radius 2 is 1.90 bits per heavy atom. The van der Waals surface area contributed by atoms with Crippen molar-refractivity contribution < 1.29 is 22.7 Å². The number of amides is 2. The maximum atomic E-state index is 13.0. The van der Waals surface area contributed by atoms with Crippen molar-refractivity contribution >= 4 is 49.0 Å². The number of sulfone groups is 1. The molecule has 0 aromatic heterocycles. The van der Waals surface area contributed by atoms with Crippen molar-refractivity contribution in [3.8, 4) is 5.75 Å². The zero-order chi connectivity index (χ0) is 22.2. The van der Waals surface area contributed by atoms with Crippen LogP contribution >= 0.6 is 15.9 Å². The smallest absolute Gasteiger partial charge is 0.230 e. The summed E-state index contributed by atoms with van der Waals surface area (Å²) in [5.41, 5.74) is 2.19. The number of anilines is 2. The van der Waals surface area contributed by atoms with Gasteiger partial charge in [0.2, 0.25) is 11.8 Å². The number of fused-ring (bicyclic) bond motifs is 1. The fraction of sp³-hybridized carbons (Fsp3) is 0.364. The van der Waals surface area contributed by atoms with Crippen LogP contribution in [0.3, 0.4) is 0 Å². The lowest BCUT2D eigenvalue weighted by atomic mass is 10.2. The Balaban J connectivity index is 1.46. The summed E-state index contributed by atoms with van der Waals surface area (Å²) in [4.78, 5) is 26.6. The number of nitrogens with zero attached hydrogens (tertiary/aromatic N) is 1. The van der Waals surface area contributed by atoms with Crippen LogP contribution in [0.5, 0.6) is 5.75 Å². The number of halogens is 1. The molecule has 0 atom stereocenters. The van der Waals surface area contributed by atoms with Gasteiger partial charge in [-0.1, -0.05) is 0 Å². The lowest BCUT2D eigenvalue weighted by molar-refractivity contribution is -0.119. The third kappa shape index (κ3) is 4.77. The fourth-order valence-electron chi connectivity index (χ4n) is 3.64. The molecule has 31 heavy (non-hydrogen) atoms. The number of nitrogens with one attached hydrogen (secondary N) is 1. The van der Waals surface area contributed by atoms with Crippen LogP contribution < -0.4 is 15.0 Å². The third-order valence-corrected chi connectivity index (χ3v) is 8.20. The molecular weight excluding hydrogens is 484 g/mol. The van der Waals surface area contributed by atoms with E-state index in [0.29, 0.717) is 34.6 Å². The van der Waals surface area contributed by atoms with Crippen LogP contribution in [-0.4, -0.2) is 39.6 Å². The highest BCUT2D eigenvalue weighted by molar-refractivity contribution is 9.10. The van der Waals surface area contributed by atoms with Crippen LogP contribution in [0.2, 0.25) is 0 Å². The zero-order valence-electron chi connectivity index (χ0n) is 17.1. The summed E-state index contributed by atoms with van der Waals surface area (Å²) in [6.45, 7) is 0.574. The summed E-state index contributed by atoms with van der Waals surface area (Å²) in [6, 6.07) is 10.1. The van der Waals surface area contributed by atoms with E-state index >= 15 is 0 Å². The van der Waals surface area contributed by atoms with E-state index in [0.717, 1.165) is 18.4 Å². The zero-order valence-corrected chi connectivity index (χ0v) is 19.5. The topological polar surface area (TPSA) is 92.8 Å². The minimum absolute atomic E-state index is 0.0660. The molecule has 1 saturated carbocycles. The molecule has 164 valence electrons. The van der Waals surface area contributed by atoms with Crippen molar-refractivity contribution in [2.75, 3.05) is 29.6 Å². The van der Waals surface area contributed by atoms with E-state index in [-0.39, 0.29) is 28.9 Å². The monoisotopic (exact) mass is 506 g/mol. The van der Waals surface area contributed by atoms with Crippen molar-refractivity contribution in [2.45, 2.75) is 30.6 Å². The molecule has 1 aliphatic heterocycles. The molecule has 0 radical (unpaired) electrons. The van der Waals surface area contributed by atoms with Gasteiger partial charge in [0.1, 0.15) is 5.75 Å². The van der Waals surface area contributed by atoms with Gasteiger partial charge in [-0.05, 0) is 77.2 Å². The molecule has 1 heterocycles. The Labute approximate surface area is 189 Å². The quantitative estimate of drug-likeness (QED) is 0.619. The van der Waals surface area contributed by atoms with Crippen molar-refractivity contribution in [3.05, 3.63) is 46.4 Å². The number of hydrogen-bond acceptors (Lipinski definition) is 5. The van der Waals surface area contributed by atoms with Crippen LogP contribution in [0.4, 0.5) is 11.4 Å². The van der Waals surface area contributed by atoms with Gasteiger partial charge in [0.25, 0.3) is 0 Å². The SMILES string of the molecule is COc1ccc(NC(=O)CCS(=O)(=O)c2cc3c(cc2Br)CCN3C(=O)C2CC2)cc1. The molecule has 0 saturated heterocycles.